The van der Waals surface area contributed by atoms with Gasteiger partial charge in [0, 0.05) is 18.7 Å². The van der Waals surface area contributed by atoms with Gasteiger partial charge in [0.1, 0.15) is 0 Å². The molecule has 6 heteroatoms. The van der Waals surface area contributed by atoms with Crippen molar-refractivity contribution in [1.29, 1.82) is 0 Å². The summed E-state index contributed by atoms with van der Waals surface area (Å²) < 4.78 is 0. The first-order chi connectivity index (χ1) is 14.1. The summed E-state index contributed by atoms with van der Waals surface area (Å²) in [5.41, 5.74) is 2.51. The fraction of sp³-hybridized carbons (Fsp3) is 0.348. The first kappa shape index (κ1) is 19.2. The molecule has 3 aromatic rings. The number of imidazole rings is 1. The number of H-pyrrole nitrogens is 1. The predicted octanol–water partition coefficient (Wildman–Crippen LogP) is 3.89. The molecule has 1 aliphatic heterocycles. The number of hydrogen-bond acceptors (Lipinski definition) is 3. The number of aromatic amines is 1. The number of hydrogen-bond donors (Lipinski definition) is 2. The highest BCUT2D eigenvalue weighted by Gasteiger charge is 2.43. The van der Waals surface area contributed by atoms with E-state index in [2.05, 4.69) is 22.1 Å². The van der Waals surface area contributed by atoms with Gasteiger partial charge in [-0.05, 0) is 55.9 Å². The summed E-state index contributed by atoms with van der Waals surface area (Å²) in [7, 11) is 0. The second kappa shape index (κ2) is 8.07. The monoisotopic (exact) mass is 391 g/mol. The summed E-state index contributed by atoms with van der Waals surface area (Å²) in [5, 5.41) is 10.0. The van der Waals surface area contributed by atoms with Crippen LogP contribution in [-0.4, -0.2) is 44.9 Å². The van der Waals surface area contributed by atoms with Crippen LogP contribution in [0.3, 0.4) is 0 Å². The number of carbonyl (C=O) groups is 2. The third-order valence-corrected chi connectivity index (χ3v) is 5.95. The normalized spacial score (nSPS) is 19.4. The largest absolute Gasteiger partial charge is 0.481 e. The van der Waals surface area contributed by atoms with E-state index in [4.69, 9.17) is 0 Å². The van der Waals surface area contributed by atoms with E-state index in [1.807, 2.05) is 24.3 Å². The molecule has 1 aromatic heterocycles. The number of aromatic nitrogens is 2. The van der Waals surface area contributed by atoms with Crippen LogP contribution in [0, 0.1) is 5.41 Å². The molecule has 1 aliphatic rings. The molecule has 2 N–H and O–H groups in total. The standard InChI is InChI=1S/C23H25N3O3/c27-21(18-9-10-19-20(14-18)25-16-24-19)26-13-5-12-23(15-26,22(28)29)11-4-8-17-6-2-1-3-7-17/h1-3,6-7,9-10,14,16H,4-5,8,11-13,15H2,(H,24,25)(H,28,29)/t23-/m1/s1. The molecule has 1 amide bonds. The molecular weight excluding hydrogens is 366 g/mol. The van der Waals surface area contributed by atoms with Crippen molar-refractivity contribution in [3.63, 3.8) is 0 Å². The zero-order valence-corrected chi connectivity index (χ0v) is 16.3. The van der Waals surface area contributed by atoms with Gasteiger partial charge in [-0.25, -0.2) is 4.98 Å². The molecule has 0 radical (unpaired) electrons. The number of likely N-dealkylation sites (tertiary alicyclic amines) is 1. The molecule has 0 saturated carbocycles. The molecule has 1 fully saturated rings. The summed E-state index contributed by atoms with van der Waals surface area (Å²) in [4.78, 5) is 34.2. The van der Waals surface area contributed by atoms with Gasteiger partial charge in [-0.2, -0.15) is 0 Å². The van der Waals surface area contributed by atoms with Crippen molar-refractivity contribution in [3.8, 4) is 0 Å². The Morgan fingerprint density at radius 1 is 1.17 bits per heavy atom. The van der Waals surface area contributed by atoms with Crippen molar-refractivity contribution >= 4 is 22.9 Å². The van der Waals surface area contributed by atoms with Crippen LogP contribution in [0.25, 0.3) is 11.0 Å². The van der Waals surface area contributed by atoms with Gasteiger partial charge >= 0.3 is 5.97 Å². The molecule has 29 heavy (non-hydrogen) atoms. The zero-order chi connectivity index (χ0) is 20.3. The van der Waals surface area contributed by atoms with Crippen molar-refractivity contribution in [2.75, 3.05) is 13.1 Å². The van der Waals surface area contributed by atoms with E-state index >= 15 is 0 Å². The van der Waals surface area contributed by atoms with Gasteiger partial charge in [-0.3, -0.25) is 9.59 Å². The molecule has 6 nitrogen and oxygen atoms in total. The SMILES string of the molecule is O=C(c1ccc2nc[nH]c2c1)N1CCC[C@@](CCCc2ccccc2)(C(=O)O)C1. The molecule has 2 aromatic carbocycles. The Hall–Kier alpha value is -3.15. The number of fused-ring (bicyclic) bond motifs is 1. The van der Waals surface area contributed by atoms with E-state index in [-0.39, 0.29) is 12.5 Å². The lowest BCUT2D eigenvalue weighted by Crippen LogP contribution is -2.50. The van der Waals surface area contributed by atoms with Crippen LogP contribution < -0.4 is 0 Å². The van der Waals surface area contributed by atoms with Crippen molar-refractivity contribution in [2.24, 2.45) is 5.41 Å². The molecule has 0 bridgehead atoms. The molecule has 4 rings (SSSR count). The van der Waals surface area contributed by atoms with Gasteiger partial charge in [-0.1, -0.05) is 30.3 Å². The maximum atomic E-state index is 13.1. The third-order valence-electron chi connectivity index (χ3n) is 5.95. The number of aryl methyl sites for hydroxylation is 1. The van der Waals surface area contributed by atoms with Gasteiger partial charge in [0.05, 0.1) is 22.8 Å². The Kier molecular flexibility index (Phi) is 5.34. The number of rotatable bonds is 6. The molecular formula is C23H25N3O3. The number of benzene rings is 2. The van der Waals surface area contributed by atoms with Crippen LogP contribution >= 0.6 is 0 Å². The number of amides is 1. The van der Waals surface area contributed by atoms with Crippen molar-refractivity contribution in [3.05, 3.63) is 66.0 Å². The number of piperidine rings is 1. The number of nitrogens with one attached hydrogen (secondary N) is 1. The average molecular weight is 391 g/mol. The molecule has 1 atom stereocenters. The van der Waals surface area contributed by atoms with Crippen LogP contribution in [0.1, 0.15) is 41.6 Å². The lowest BCUT2D eigenvalue weighted by atomic mass is 9.75. The Balaban J connectivity index is 1.47. The predicted molar refractivity (Wildman–Crippen MR) is 111 cm³/mol. The van der Waals surface area contributed by atoms with Crippen LogP contribution in [0.4, 0.5) is 0 Å². The molecule has 0 spiro atoms. The molecule has 0 aliphatic carbocycles. The minimum Gasteiger partial charge on any atom is -0.481 e. The fourth-order valence-corrected chi connectivity index (χ4v) is 4.32. The van der Waals surface area contributed by atoms with E-state index in [1.165, 1.54) is 5.56 Å². The maximum absolute atomic E-state index is 13.1. The minimum absolute atomic E-state index is 0.116. The zero-order valence-electron chi connectivity index (χ0n) is 16.3. The number of carboxylic acids is 1. The molecule has 150 valence electrons. The smallest absolute Gasteiger partial charge is 0.311 e. The number of nitrogens with zero attached hydrogens (tertiary/aromatic N) is 2. The topological polar surface area (TPSA) is 86.3 Å². The molecule has 0 unspecified atom stereocenters. The van der Waals surface area contributed by atoms with Gasteiger partial charge in [-0.15, -0.1) is 0 Å². The first-order valence-corrected chi connectivity index (χ1v) is 10.1. The Labute approximate surface area is 169 Å². The quantitative estimate of drug-likeness (QED) is 0.667. The third kappa shape index (κ3) is 4.01. The Morgan fingerprint density at radius 2 is 2.00 bits per heavy atom. The van der Waals surface area contributed by atoms with E-state index in [0.29, 0.717) is 31.4 Å². The second-order valence-electron chi connectivity index (χ2n) is 7.89. The van der Waals surface area contributed by atoms with E-state index in [9.17, 15) is 14.7 Å². The summed E-state index contributed by atoms with van der Waals surface area (Å²) in [5.74, 6) is -0.915. The van der Waals surface area contributed by atoms with Crippen molar-refractivity contribution in [1.82, 2.24) is 14.9 Å². The summed E-state index contributed by atoms with van der Waals surface area (Å²) in [6.07, 6.45) is 5.12. The lowest BCUT2D eigenvalue weighted by molar-refractivity contribution is -0.152. The Bertz CT molecular complexity index is 1010. The highest BCUT2D eigenvalue weighted by Crippen LogP contribution is 2.36. The van der Waals surface area contributed by atoms with Gasteiger partial charge in [0.2, 0.25) is 0 Å². The molecule has 2 heterocycles. The van der Waals surface area contributed by atoms with E-state index in [0.717, 1.165) is 23.9 Å². The van der Waals surface area contributed by atoms with E-state index in [1.54, 1.807) is 23.4 Å². The number of aliphatic carboxylic acids is 1. The van der Waals surface area contributed by atoms with Crippen LogP contribution in [-0.2, 0) is 11.2 Å². The van der Waals surface area contributed by atoms with Crippen LogP contribution in [0.15, 0.2) is 54.9 Å². The summed E-state index contributed by atoms with van der Waals surface area (Å²) in [6.45, 7) is 0.852. The highest BCUT2D eigenvalue weighted by molar-refractivity contribution is 5.97. The second-order valence-corrected chi connectivity index (χ2v) is 7.89. The van der Waals surface area contributed by atoms with Crippen LogP contribution in [0.2, 0.25) is 0 Å². The van der Waals surface area contributed by atoms with E-state index < -0.39 is 11.4 Å². The maximum Gasteiger partial charge on any atom is 0.311 e. The van der Waals surface area contributed by atoms with Crippen LogP contribution in [0.5, 0.6) is 0 Å². The Morgan fingerprint density at radius 3 is 2.79 bits per heavy atom. The minimum atomic E-state index is -0.874. The van der Waals surface area contributed by atoms with Crippen molar-refractivity contribution in [2.45, 2.75) is 32.1 Å². The van der Waals surface area contributed by atoms with Gasteiger partial charge in [0.15, 0.2) is 0 Å². The number of carboxylic acid groups (broad SMARTS) is 1. The molecule has 1 saturated heterocycles. The lowest BCUT2D eigenvalue weighted by Gasteiger charge is -2.40. The average Bonchev–Trinajstić information content (AvgIpc) is 3.22. The first-order valence-electron chi connectivity index (χ1n) is 10.1. The van der Waals surface area contributed by atoms with Gasteiger partial charge in [0.25, 0.3) is 5.91 Å². The van der Waals surface area contributed by atoms with Crippen molar-refractivity contribution < 1.29 is 14.7 Å². The summed E-state index contributed by atoms with van der Waals surface area (Å²) in [6, 6.07) is 15.5. The number of carbonyl (C=O) groups excluding carboxylic acids is 1. The fourth-order valence-electron chi connectivity index (χ4n) is 4.32. The summed E-state index contributed by atoms with van der Waals surface area (Å²) >= 11 is 0. The highest BCUT2D eigenvalue weighted by atomic mass is 16.4. The van der Waals surface area contributed by atoms with Gasteiger partial charge < -0.3 is 15.0 Å².